The number of fused-ring (bicyclic) bond motifs is 1. The Labute approximate surface area is 119 Å². The number of carbonyl (C=O) groups excluding carboxylic acids is 2. The predicted octanol–water partition coefficient (Wildman–Crippen LogP) is 2.45. The minimum absolute atomic E-state index is 0.0909. The summed E-state index contributed by atoms with van der Waals surface area (Å²) >= 11 is 0. The summed E-state index contributed by atoms with van der Waals surface area (Å²) in [5, 5.41) is 0. The normalized spacial score (nSPS) is 43.9. The van der Waals surface area contributed by atoms with E-state index in [1.807, 2.05) is 0 Å². The zero-order valence-electron chi connectivity index (χ0n) is 12.0. The van der Waals surface area contributed by atoms with Crippen molar-refractivity contribution in [3.8, 4) is 0 Å². The molecule has 0 spiro atoms. The van der Waals surface area contributed by atoms with E-state index in [4.69, 9.17) is 9.47 Å². The Kier molecular flexibility index (Phi) is 2.67. The van der Waals surface area contributed by atoms with E-state index in [0.29, 0.717) is 5.92 Å². The number of hydrogen-bond acceptors (Lipinski definition) is 4. The fraction of sp³-hybridized carbons (Fsp3) is 0.875. The largest absolute Gasteiger partial charge is 0.462 e. The van der Waals surface area contributed by atoms with E-state index in [-0.39, 0.29) is 41.4 Å². The summed E-state index contributed by atoms with van der Waals surface area (Å²) in [6.45, 7) is 2.10. The Bertz CT molecular complexity index is 449. The van der Waals surface area contributed by atoms with Gasteiger partial charge in [0.15, 0.2) is 0 Å². The van der Waals surface area contributed by atoms with Gasteiger partial charge in [-0.2, -0.15) is 0 Å². The Morgan fingerprint density at radius 3 is 2.80 bits per heavy atom. The van der Waals surface area contributed by atoms with Gasteiger partial charge in [-0.1, -0.05) is 6.92 Å². The number of ether oxygens (including phenoxy) is 2. The summed E-state index contributed by atoms with van der Waals surface area (Å²) < 4.78 is 11.3. The van der Waals surface area contributed by atoms with Gasteiger partial charge >= 0.3 is 11.9 Å². The fourth-order valence-electron chi connectivity index (χ4n) is 5.15. The molecule has 3 aliphatic carbocycles. The highest BCUT2D eigenvalue weighted by Crippen LogP contribution is 2.58. The lowest BCUT2D eigenvalue weighted by Gasteiger charge is -2.31. The molecule has 4 heteroatoms. The fourth-order valence-corrected chi connectivity index (χ4v) is 5.15. The molecule has 5 unspecified atom stereocenters. The van der Waals surface area contributed by atoms with Crippen LogP contribution >= 0.6 is 0 Å². The molecule has 1 aliphatic heterocycles. The third-order valence-corrected chi connectivity index (χ3v) is 6.23. The first-order valence-electron chi connectivity index (χ1n) is 8.07. The van der Waals surface area contributed by atoms with Crippen molar-refractivity contribution in [2.75, 3.05) is 0 Å². The zero-order valence-corrected chi connectivity index (χ0v) is 12.0. The molecular formula is C16H22O4. The van der Waals surface area contributed by atoms with Crippen molar-refractivity contribution >= 4 is 11.9 Å². The number of esters is 2. The van der Waals surface area contributed by atoms with Crippen molar-refractivity contribution in [3.05, 3.63) is 0 Å². The van der Waals surface area contributed by atoms with Crippen molar-refractivity contribution in [3.63, 3.8) is 0 Å². The molecule has 1 heterocycles. The van der Waals surface area contributed by atoms with Crippen LogP contribution in [0, 0.1) is 23.7 Å². The highest BCUT2D eigenvalue weighted by Gasteiger charge is 2.64. The van der Waals surface area contributed by atoms with Crippen molar-refractivity contribution in [1.82, 2.24) is 0 Å². The second-order valence-electron chi connectivity index (χ2n) is 7.09. The first-order chi connectivity index (χ1) is 9.63. The molecule has 2 bridgehead atoms. The lowest BCUT2D eigenvalue weighted by Crippen LogP contribution is -2.39. The predicted molar refractivity (Wildman–Crippen MR) is 70.7 cm³/mol. The average molecular weight is 278 g/mol. The molecule has 5 atom stereocenters. The highest BCUT2D eigenvalue weighted by atomic mass is 16.6. The van der Waals surface area contributed by atoms with Crippen LogP contribution in [-0.2, 0) is 19.1 Å². The first-order valence-corrected chi connectivity index (χ1v) is 8.07. The van der Waals surface area contributed by atoms with E-state index in [2.05, 4.69) is 6.92 Å². The Hall–Kier alpha value is -1.06. The Morgan fingerprint density at radius 2 is 2.10 bits per heavy atom. The van der Waals surface area contributed by atoms with Gasteiger partial charge in [0.2, 0.25) is 0 Å². The van der Waals surface area contributed by atoms with E-state index in [1.54, 1.807) is 0 Å². The van der Waals surface area contributed by atoms with Crippen LogP contribution in [0.15, 0.2) is 0 Å². The van der Waals surface area contributed by atoms with Gasteiger partial charge in [-0.3, -0.25) is 9.59 Å². The van der Waals surface area contributed by atoms with Crippen molar-refractivity contribution in [2.24, 2.45) is 23.7 Å². The molecule has 3 saturated carbocycles. The van der Waals surface area contributed by atoms with Gasteiger partial charge in [-0.25, -0.2) is 0 Å². The van der Waals surface area contributed by atoms with Crippen LogP contribution in [0.4, 0.5) is 0 Å². The molecule has 0 amide bonds. The molecule has 0 N–H and O–H groups in total. The van der Waals surface area contributed by atoms with Gasteiger partial charge < -0.3 is 9.47 Å². The maximum absolute atomic E-state index is 12.7. The van der Waals surface area contributed by atoms with E-state index in [1.165, 1.54) is 0 Å². The third-order valence-electron chi connectivity index (χ3n) is 6.23. The molecule has 0 aromatic heterocycles. The quantitative estimate of drug-likeness (QED) is 0.744. The zero-order chi connectivity index (χ0) is 13.9. The number of rotatable bonds is 3. The smallest absolute Gasteiger partial charge is 0.310 e. The molecule has 0 radical (unpaired) electrons. The summed E-state index contributed by atoms with van der Waals surface area (Å²) in [4.78, 5) is 24.6. The standard InChI is InChI=1S/C16H22O4/c1-2-16(5-3-4-6-16)20-15(18)12-9-7-10-11(8-9)19-14(17)13(10)12/h9-13H,2-8H2,1H3. The Morgan fingerprint density at radius 1 is 1.35 bits per heavy atom. The molecule has 1 saturated heterocycles. The van der Waals surface area contributed by atoms with Crippen molar-refractivity contribution in [2.45, 2.75) is 63.6 Å². The SMILES string of the molecule is CCC1(OC(=O)C2C3CC4OC(=O)C2C4C3)CCCC1. The second kappa shape index (κ2) is 4.22. The van der Waals surface area contributed by atoms with E-state index >= 15 is 0 Å². The summed E-state index contributed by atoms with van der Waals surface area (Å²) in [5.41, 5.74) is -0.249. The van der Waals surface area contributed by atoms with Crippen LogP contribution in [0.5, 0.6) is 0 Å². The van der Waals surface area contributed by atoms with Gasteiger partial charge in [0.1, 0.15) is 11.7 Å². The molecule has 20 heavy (non-hydrogen) atoms. The molecule has 4 aliphatic rings. The van der Waals surface area contributed by atoms with Crippen LogP contribution in [-0.4, -0.2) is 23.6 Å². The van der Waals surface area contributed by atoms with E-state index < -0.39 is 0 Å². The molecule has 0 aromatic carbocycles. The molecule has 4 rings (SSSR count). The van der Waals surface area contributed by atoms with Crippen molar-refractivity contribution < 1.29 is 19.1 Å². The topological polar surface area (TPSA) is 52.6 Å². The van der Waals surface area contributed by atoms with Gasteiger partial charge in [0.05, 0.1) is 11.8 Å². The molecule has 4 nitrogen and oxygen atoms in total. The lowest BCUT2D eigenvalue weighted by atomic mass is 9.80. The van der Waals surface area contributed by atoms with Crippen LogP contribution < -0.4 is 0 Å². The molecule has 4 fully saturated rings. The van der Waals surface area contributed by atoms with Gasteiger partial charge in [-0.15, -0.1) is 0 Å². The number of hydrogen-bond donors (Lipinski definition) is 0. The van der Waals surface area contributed by atoms with Crippen LogP contribution in [0.25, 0.3) is 0 Å². The van der Waals surface area contributed by atoms with Crippen LogP contribution in [0.3, 0.4) is 0 Å². The summed E-state index contributed by atoms with van der Waals surface area (Å²) in [6.07, 6.45) is 7.06. The summed E-state index contributed by atoms with van der Waals surface area (Å²) in [5.74, 6) is -0.116. The van der Waals surface area contributed by atoms with Gasteiger partial charge in [-0.05, 0) is 50.9 Å². The minimum Gasteiger partial charge on any atom is -0.462 e. The molecule has 110 valence electrons. The maximum atomic E-state index is 12.7. The highest BCUT2D eigenvalue weighted by molar-refractivity contribution is 5.86. The first kappa shape index (κ1) is 12.7. The molecule has 0 aromatic rings. The minimum atomic E-state index is -0.249. The monoisotopic (exact) mass is 278 g/mol. The maximum Gasteiger partial charge on any atom is 0.310 e. The lowest BCUT2D eigenvalue weighted by molar-refractivity contribution is -0.170. The molecular weight excluding hydrogens is 256 g/mol. The number of carbonyl (C=O) groups is 2. The van der Waals surface area contributed by atoms with Gasteiger partial charge in [0, 0.05) is 5.92 Å². The van der Waals surface area contributed by atoms with E-state index in [0.717, 1.165) is 44.9 Å². The van der Waals surface area contributed by atoms with E-state index in [9.17, 15) is 9.59 Å². The third kappa shape index (κ3) is 1.60. The van der Waals surface area contributed by atoms with Gasteiger partial charge in [0.25, 0.3) is 0 Å². The summed E-state index contributed by atoms with van der Waals surface area (Å²) in [7, 11) is 0. The van der Waals surface area contributed by atoms with Crippen LogP contribution in [0.2, 0.25) is 0 Å². The van der Waals surface area contributed by atoms with Crippen LogP contribution in [0.1, 0.15) is 51.9 Å². The van der Waals surface area contributed by atoms with Crippen molar-refractivity contribution in [1.29, 1.82) is 0 Å². The Balaban J connectivity index is 1.53. The average Bonchev–Trinajstić information content (AvgIpc) is 3.13. The second-order valence-corrected chi connectivity index (χ2v) is 7.09. The summed E-state index contributed by atoms with van der Waals surface area (Å²) in [6, 6.07) is 0.